The number of aryl methyl sites for hydroxylation is 1. The van der Waals surface area contributed by atoms with E-state index >= 15 is 0 Å². The minimum absolute atomic E-state index is 0.138. The van der Waals surface area contributed by atoms with Crippen molar-refractivity contribution in [1.82, 2.24) is 0 Å². The van der Waals surface area contributed by atoms with E-state index in [0.717, 1.165) is 11.6 Å². The van der Waals surface area contributed by atoms with Gasteiger partial charge >= 0.3 is 6.11 Å². The Bertz CT molecular complexity index is 1030. The van der Waals surface area contributed by atoms with E-state index in [1.165, 1.54) is 13.0 Å². The van der Waals surface area contributed by atoms with Crippen molar-refractivity contribution in [2.45, 2.75) is 13.0 Å². The maximum Gasteiger partial charge on any atom is 0.429 e. The maximum absolute atomic E-state index is 14.6. The number of alkyl halides is 2. The fourth-order valence-electron chi connectivity index (χ4n) is 2.88. The molecule has 29 heavy (non-hydrogen) atoms. The fourth-order valence-corrected chi connectivity index (χ4v) is 2.88. The summed E-state index contributed by atoms with van der Waals surface area (Å²) < 4.78 is 87.5. The van der Waals surface area contributed by atoms with Crippen LogP contribution >= 0.6 is 0 Å². The average molecular weight is 408 g/mol. The van der Waals surface area contributed by atoms with Gasteiger partial charge in [0, 0.05) is 12.1 Å². The van der Waals surface area contributed by atoms with Gasteiger partial charge in [0.05, 0.1) is 0 Å². The third-order valence-corrected chi connectivity index (χ3v) is 4.26. The van der Waals surface area contributed by atoms with Gasteiger partial charge in [0.25, 0.3) is 0 Å². The van der Waals surface area contributed by atoms with Crippen molar-refractivity contribution in [3.05, 3.63) is 95.1 Å². The predicted molar refractivity (Wildman–Crippen MR) is 97.5 cm³/mol. The molecule has 0 amide bonds. The first-order chi connectivity index (χ1) is 13.6. The van der Waals surface area contributed by atoms with Crippen LogP contribution in [0.1, 0.15) is 16.7 Å². The van der Waals surface area contributed by atoms with Gasteiger partial charge in [-0.25, -0.2) is 17.6 Å². The van der Waals surface area contributed by atoms with Crippen LogP contribution in [0, 0.1) is 30.2 Å². The second-order valence-corrected chi connectivity index (χ2v) is 6.30. The second kappa shape index (κ2) is 7.66. The van der Waals surface area contributed by atoms with Gasteiger partial charge in [-0.1, -0.05) is 43.0 Å². The van der Waals surface area contributed by atoms with E-state index in [9.17, 15) is 26.3 Å². The lowest BCUT2D eigenvalue weighted by Gasteiger charge is -2.21. The van der Waals surface area contributed by atoms with Gasteiger partial charge in [0.15, 0.2) is 17.5 Å². The van der Waals surface area contributed by atoms with Gasteiger partial charge in [-0.2, -0.15) is 8.78 Å². The standard InChI is InChI=1S/C22H14F6O/c1-3-13-4-6-14(7-5-13)15-8-12(2)20(17(23)9-15)22(27,28)29-16-10-18(24)21(26)19(25)11-16/h3-11H,1H2,2H3. The van der Waals surface area contributed by atoms with Crippen LogP contribution in [0.25, 0.3) is 17.2 Å². The van der Waals surface area contributed by atoms with Crippen LogP contribution in [-0.4, -0.2) is 0 Å². The van der Waals surface area contributed by atoms with Gasteiger partial charge in [0.2, 0.25) is 0 Å². The SMILES string of the molecule is C=Cc1ccc(-c2cc(C)c(C(F)(F)Oc3cc(F)c(F)c(F)c3)c(F)c2)cc1. The average Bonchev–Trinajstić information content (AvgIpc) is 2.65. The second-order valence-electron chi connectivity index (χ2n) is 6.30. The topological polar surface area (TPSA) is 9.23 Å². The van der Waals surface area contributed by atoms with Crippen LogP contribution in [0.2, 0.25) is 0 Å². The molecule has 3 aromatic rings. The molecule has 0 aliphatic rings. The van der Waals surface area contributed by atoms with Gasteiger partial charge < -0.3 is 4.74 Å². The number of halogens is 6. The molecule has 0 heterocycles. The minimum atomic E-state index is -4.25. The lowest BCUT2D eigenvalue weighted by atomic mass is 9.98. The summed E-state index contributed by atoms with van der Waals surface area (Å²) in [6, 6.07) is 9.60. The molecule has 0 saturated carbocycles. The van der Waals surface area contributed by atoms with E-state index in [0.29, 0.717) is 11.1 Å². The molecule has 0 N–H and O–H groups in total. The molecule has 0 radical (unpaired) electrons. The Morgan fingerprint density at radius 1 is 0.828 bits per heavy atom. The smallest absolute Gasteiger partial charge is 0.429 e. The molecule has 0 aliphatic heterocycles. The molecule has 0 spiro atoms. The Balaban J connectivity index is 1.98. The molecule has 0 aliphatic carbocycles. The molecule has 0 unspecified atom stereocenters. The quantitative estimate of drug-likeness (QED) is 0.327. The lowest BCUT2D eigenvalue weighted by molar-refractivity contribution is -0.188. The van der Waals surface area contributed by atoms with Gasteiger partial charge in [-0.05, 0) is 35.2 Å². The van der Waals surface area contributed by atoms with Gasteiger partial charge in [0.1, 0.15) is 17.1 Å². The summed E-state index contributed by atoms with van der Waals surface area (Å²) >= 11 is 0. The van der Waals surface area contributed by atoms with Gasteiger partial charge in [-0.15, -0.1) is 0 Å². The van der Waals surface area contributed by atoms with E-state index in [-0.39, 0.29) is 17.7 Å². The molecule has 0 aromatic heterocycles. The highest BCUT2D eigenvalue weighted by molar-refractivity contribution is 5.67. The zero-order valence-corrected chi connectivity index (χ0v) is 15.1. The van der Waals surface area contributed by atoms with Crippen LogP contribution in [0.5, 0.6) is 5.75 Å². The summed E-state index contributed by atoms with van der Waals surface area (Å²) in [5.74, 6) is -7.47. The van der Waals surface area contributed by atoms with Crippen molar-refractivity contribution in [3.63, 3.8) is 0 Å². The molecule has 3 aromatic carbocycles. The molecule has 1 nitrogen and oxygen atoms in total. The van der Waals surface area contributed by atoms with E-state index in [2.05, 4.69) is 11.3 Å². The molecule has 0 saturated heterocycles. The third-order valence-electron chi connectivity index (χ3n) is 4.26. The molecule has 0 bridgehead atoms. The Hall–Kier alpha value is -3.22. The van der Waals surface area contributed by atoms with Crippen molar-refractivity contribution < 1.29 is 31.1 Å². The van der Waals surface area contributed by atoms with E-state index < -0.39 is 40.7 Å². The van der Waals surface area contributed by atoms with Crippen LogP contribution in [0.3, 0.4) is 0 Å². The van der Waals surface area contributed by atoms with Crippen LogP contribution in [0.4, 0.5) is 26.3 Å². The molecule has 3 rings (SSSR count). The number of hydrogen-bond donors (Lipinski definition) is 0. The van der Waals surface area contributed by atoms with Crippen LogP contribution < -0.4 is 4.74 Å². The fraction of sp³-hybridized carbons (Fsp3) is 0.0909. The largest absolute Gasteiger partial charge is 0.429 e. The van der Waals surface area contributed by atoms with Crippen molar-refractivity contribution in [2.75, 3.05) is 0 Å². The number of ether oxygens (including phenoxy) is 1. The van der Waals surface area contributed by atoms with E-state index in [1.54, 1.807) is 30.3 Å². The van der Waals surface area contributed by atoms with Crippen molar-refractivity contribution in [2.24, 2.45) is 0 Å². The predicted octanol–water partition coefficient (Wildman–Crippen LogP) is 6.99. The Labute approximate surface area is 162 Å². The molecular formula is C22H14F6O. The van der Waals surface area contributed by atoms with Crippen molar-refractivity contribution in [1.29, 1.82) is 0 Å². The Morgan fingerprint density at radius 3 is 1.93 bits per heavy atom. The highest BCUT2D eigenvalue weighted by atomic mass is 19.3. The zero-order valence-electron chi connectivity index (χ0n) is 15.1. The normalized spacial score (nSPS) is 11.4. The summed E-state index contributed by atoms with van der Waals surface area (Å²) in [7, 11) is 0. The monoisotopic (exact) mass is 408 g/mol. The van der Waals surface area contributed by atoms with E-state index in [4.69, 9.17) is 0 Å². The first-order valence-electron chi connectivity index (χ1n) is 8.37. The zero-order chi connectivity index (χ0) is 21.3. The summed E-state index contributed by atoms with van der Waals surface area (Å²) in [4.78, 5) is 0. The molecule has 0 atom stereocenters. The third kappa shape index (κ3) is 4.13. The summed E-state index contributed by atoms with van der Waals surface area (Å²) in [5, 5.41) is 0. The summed E-state index contributed by atoms with van der Waals surface area (Å²) in [5.41, 5.74) is 0.557. The van der Waals surface area contributed by atoms with Crippen molar-refractivity contribution >= 4 is 6.08 Å². The molecule has 0 fully saturated rings. The highest BCUT2D eigenvalue weighted by Gasteiger charge is 2.40. The molecular weight excluding hydrogens is 394 g/mol. The minimum Gasteiger partial charge on any atom is -0.429 e. The first kappa shape index (κ1) is 20.5. The summed E-state index contributed by atoms with van der Waals surface area (Å²) in [6.45, 7) is 4.88. The Kier molecular flexibility index (Phi) is 5.42. The maximum atomic E-state index is 14.6. The first-order valence-corrected chi connectivity index (χ1v) is 8.37. The molecule has 150 valence electrons. The summed E-state index contributed by atoms with van der Waals surface area (Å²) in [6.07, 6.45) is -2.63. The highest BCUT2D eigenvalue weighted by Crippen LogP contribution is 2.38. The van der Waals surface area contributed by atoms with Gasteiger partial charge in [-0.3, -0.25) is 0 Å². The van der Waals surface area contributed by atoms with Crippen molar-refractivity contribution in [3.8, 4) is 16.9 Å². The number of rotatable bonds is 5. The van der Waals surface area contributed by atoms with Crippen LogP contribution in [-0.2, 0) is 6.11 Å². The number of benzene rings is 3. The Morgan fingerprint density at radius 2 is 1.41 bits per heavy atom. The van der Waals surface area contributed by atoms with E-state index in [1.807, 2.05) is 0 Å². The van der Waals surface area contributed by atoms with Crippen LogP contribution in [0.15, 0.2) is 55.1 Å². The lowest BCUT2D eigenvalue weighted by Crippen LogP contribution is -2.25. The molecule has 7 heteroatoms. The number of hydrogen-bond acceptors (Lipinski definition) is 1.